The zero-order valence-electron chi connectivity index (χ0n) is 9.28. The molecule has 0 aliphatic heterocycles. The SMILES string of the molecule is CC(=O)c1nocc1-c1ccccc1C(F)(F)F. The summed E-state index contributed by atoms with van der Waals surface area (Å²) in [5.41, 5.74) is -0.991. The van der Waals surface area contributed by atoms with Crippen LogP contribution in [0.2, 0.25) is 0 Å². The van der Waals surface area contributed by atoms with E-state index >= 15 is 0 Å². The first-order valence-electron chi connectivity index (χ1n) is 5.03. The Morgan fingerprint density at radius 2 is 1.89 bits per heavy atom. The van der Waals surface area contributed by atoms with Crippen LogP contribution < -0.4 is 0 Å². The number of aromatic nitrogens is 1. The number of halogens is 3. The summed E-state index contributed by atoms with van der Waals surface area (Å²) >= 11 is 0. The molecule has 94 valence electrons. The minimum absolute atomic E-state index is 0.0513. The predicted octanol–water partition coefficient (Wildman–Crippen LogP) is 3.56. The van der Waals surface area contributed by atoms with Crippen molar-refractivity contribution in [3.05, 3.63) is 41.8 Å². The Hall–Kier alpha value is -2.11. The van der Waals surface area contributed by atoms with E-state index in [1.165, 1.54) is 25.1 Å². The molecule has 1 aromatic heterocycles. The lowest BCUT2D eigenvalue weighted by Crippen LogP contribution is -2.07. The van der Waals surface area contributed by atoms with E-state index in [1.54, 1.807) is 0 Å². The second kappa shape index (κ2) is 4.29. The molecular weight excluding hydrogens is 247 g/mol. The lowest BCUT2D eigenvalue weighted by Gasteiger charge is -2.11. The summed E-state index contributed by atoms with van der Waals surface area (Å²) in [6.07, 6.45) is -3.46. The smallest absolute Gasteiger partial charge is 0.363 e. The van der Waals surface area contributed by atoms with E-state index in [2.05, 4.69) is 9.68 Å². The Morgan fingerprint density at radius 1 is 1.22 bits per heavy atom. The molecule has 18 heavy (non-hydrogen) atoms. The number of ketones is 1. The molecule has 1 heterocycles. The molecule has 0 aliphatic carbocycles. The Labute approximate surface area is 100 Å². The number of Topliss-reactive ketones (excluding diaryl/α,β-unsaturated/α-hetero) is 1. The largest absolute Gasteiger partial charge is 0.417 e. The first-order chi connectivity index (χ1) is 8.41. The lowest BCUT2D eigenvalue weighted by molar-refractivity contribution is -0.137. The Bertz CT molecular complexity index is 587. The molecule has 2 aromatic rings. The number of hydrogen-bond donors (Lipinski definition) is 0. The molecule has 0 amide bonds. The molecule has 0 radical (unpaired) electrons. The van der Waals surface area contributed by atoms with Gasteiger partial charge in [-0.15, -0.1) is 0 Å². The first-order valence-corrected chi connectivity index (χ1v) is 5.03. The molecule has 0 fully saturated rings. The maximum atomic E-state index is 12.8. The number of carbonyl (C=O) groups excluding carboxylic acids is 1. The van der Waals surface area contributed by atoms with Gasteiger partial charge in [0, 0.05) is 6.92 Å². The molecule has 0 saturated carbocycles. The second-order valence-corrected chi connectivity index (χ2v) is 3.68. The number of carbonyl (C=O) groups is 1. The van der Waals surface area contributed by atoms with Crippen LogP contribution in [0.1, 0.15) is 23.0 Å². The molecular formula is C12H8F3NO2. The number of rotatable bonds is 2. The molecule has 0 unspecified atom stereocenters. The van der Waals surface area contributed by atoms with Crippen LogP contribution in [0.3, 0.4) is 0 Å². The summed E-state index contributed by atoms with van der Waals surface area (Å²) in [4.78, 5) is 11.3. The van der Waals surface area contributed by atoms with Crippen LogP contribution in [0, 0.1) is 0 Å². The van der Waals surface area contributed by atoms with Crippen molar-refractivity contribution in [2.24, 2.45) is 0 Å². The van der Waals surface area contributed by atoms with Crippen molar-refractivity contribution < 1.29 is 22.5 Å². The lowest BCUT2D eigenvalue weighted by atomic mass is 9.99. The zero-order chi connectivity index (χ0) is 13.3. The normalized spacial score (nSPS) is 11.6. The molecule has 0 N–H and O–H groups in total. The fourth-order valence-corrected chi connectivity index (χ4v) is 1.65. The van der Waals surface area contributed by atoms with Gasteiger partial charge < -0.3 is 4.52 Å². The highest BCUT2D eigenvalue weighted by atomic mass is 19.4. The van der Waals surface area contributed by atoms with E-state index in [9.17, 15) is 18.0 Å². The van der Waals surface area contributed by atoms with Gasteiger partial charge in [0.05, 0.1) is 11.1 Å². The maximum absolute atomic E-state index is 12.8. The second-order valence-electron chi connectivity index (χ2n) is 3.68. The van der Waals surface area contributed by atoms with E-state index < -0.39 is 17.5 Å². The van der Waals surface area contributed by atoms with Crippen molar-refractivity contribution in [2.75, 3.05) is 0 Å². The van der Waals surface area contributed by atoms with Crippen molar-refractivity contribution in [3.8, 4) is 11.1 Å². The highest BCUT2D eigenvalue weighted by Crippen LogP contribution is 2.37. The van der Waals surface area contributed by atoms with E-state index in [4.69, 9.17) is 0 Å². The van der Waals surface area contributed by atoms with Gasteiger partial charge in [0.25, 0.3) is 0 Å². The monoisotopic (exact) mass is 255 g/mol. The van der Waals surface area contributed by atoms with Crippen LogP contribution in [0.25, 0.3) is 11.1 Å². The van der Waals surface area contributed by atoms with Gasteiger partial charge in [0.15, 0.2) is 11.5 Å². The summed E-state index contributed by atoms with van der Waals surface area (Å²) in [5.74, 6) is -0.448. The minimum atomic E-state index is -4.50. The third kappa shape index (κ3) is 2.13. The van der Waals surface area contributed by atoms with Crippen molar-refractivity contribution in [1.29, 1.82) is 0 Å². The van der Waals surface area contributed by atoms with Crippen molar-refractivity contribution >= 4 is 5.78 Å². The topological polar surface area (TPSA) is 43.1 Å². The fourth-order valence-electron chi connectivity index (χ4n) is 1.65. The third-order valence-corrected chi connectivity index (χ3v) is 2.43. The molecule has 2 rings (SSSR count). The predicted molar refractivity (Wildman–Crippen MR) is 56.9 cm³/mol. The van der Waals surface area contributed by atoms with E-state index in [0.717, 1.165) is 12.3 Å². The number of nitrogens with zero attached hydrogens (tertiary/aromatic N) is 1. The van der Waals surface area contributed by atoms with Crippen LogP contribution in [0.4, 0.5) is 13.2 Å². The van der Waals surface area contributed by atoms with E-state index in [-0.39, 0.29) is 16.8 Å². The van der Waals surface area contributed by atoms with Crippen LogP contribution in [-0.2, 0) is 6.18 Å². The van der Waals surface area contributed by atoms with Gasteiger partial charge >= 0.3 is 6.18 Å². The molecule has 3 nitrogen and oxygen atoms in total. The van der Waals surface area contributed by atoms with Gasteiger partial charge in [0.2, 0.25) is 0 Å². The van der Waals surface area contributed by atoms with Crippen molar-refractivity contribution in [2.45, 2.75) is 13.1 Å². The van der Waals surface area contributed by atoms with E-state index in [0.29, 0.717) is 0 Å². The van der Waals surface area contributed by atoms with Gasteiger partial charge in [-0.3, -0.25) is 4.79 Å². The summed E-state index contributed by atoms with van der Waals surface area (Å²) in [5, 5.41) is 3.42. The summed E-state index contributed by atoms with van der Waals surface area (Å²) in [7, 11) is 0. The summed E-state index contributed by atoms with van der Waals surface area (Å²) < 4.78 is 43.1. The molecule has 0 bridgehead atoms. The highest BCUT2D eigenvalue weighted by Gasteiger charge is 2.34. The van der Waals surface area contributed by atoms with Gasteiger partial charge in [0.1, 0.15) is 6.26 Å². The van der Waals surface area contributed by atoms with Crippen LogP contribution >= 0.6 is 0 Å². The van der Waals surface area contributed by atoms with Gasteiger partial charge in [-0.25, -0.2) is 0 Å². The fraction of sp³-hybridized carbons (Fsp3) is 0.167. The van der Waals surface area contributed by atoms with Gasteiger partial charge in [-0.1, -0.05) is 23.4 Å². The zero-order valence-corrected chi connectivity index (χ0v) is 9.28. The molecule has 0 atom stereocenters. The molecule has 1 aromatic carbocycles. The number of hydrogen-bond acceptors (Lipinski definition) is 3. The average Bonchev–Trinajstić information content (AvgIpc) is 2.76. The Balaban J connectivity index is 2.65. The van der Waals surface area contributed by atoms with Crippen LogP contribution in [-0.4, -0.2) is 10.9 Å². The Morgan fingerprint density at radius 3 is 2.50 bits per heavy atom. The molecule has 0 spiro atoms. The average molecular weight is 255 g/mol. The molecule has 6 heteroatoms. The van der Waals surface area contributed by atoms with Crippen LogP contribution in [0.15, 0.2) is 35.1 Å². The maximum Gasteiger partial charge on any atom is 0.417 e. The van der Waals surface area contributed by atoms with Crippen LogP contribution in [0.5, 0.6) is 0 Å². The minimum Gasteiger partial charge on any atom is -0.363 e. The highest BCUT2D eigenvalue weighted by molar-refractivity contribution is 5.98. The quantitative estimate of drug-likeness (QED) is 0.770. The Kier molecular flexibility index (Phi) is 2.94. The van der Waals surface area contributed by atoms with Crippen molar-refractivity contribution in [3.63, 3.8) is 0 Å². The van der Waals surface area contributed by atoms with Gasteiger partial charge in [-0.05, 0) is 11.6 Å². The number of benzene rings is 1. The molecule has 0 aliphatic rings. The standard InChI is InChI=1S/C12H8F3NO2/c1-7(17)11-9(6-18-16-11)8-4-2-3-5-10(8)12(13,14)15/h2-6H,1H3. The summed E-state index contributed by atoms with van der Waals surface area (Å²) in [6.45, 7) is 1.22. The molecule has 0 saturated heterocycles. The number of alkyl halides is 3. The first kappa shape index (κ1) is 12.3. The van der Waals surface area contributed by atoms with Crippen molar-refractivity contribution in [1.82, 2.24) is 5.16 Å². The van der Waals surface area contributed by atoms with Gasteiger partial charge in [-0.2, -0.15) is 13.2 Å². The van der Waals surface area contributed by atoms with E-state index in [1.807, 2.05) is 0 Å². The third-order valence-electron chi connectivity index (χ3n) is 2.43. The summed E-state index contributed by atoms with van der Waals surface area (Å²) in [6, 6.07) is 4.98.